The molecule has 0 spiro atoms. The normalized spacial score (nSPS) is 11.2. The van der Waals surface area contributed by atoms with Gasteiger partial charge in [-0.25, -0.2) is 13.2 Å². The van der Waals surface area contributed by atoms with Gasteiger partial charge < -0.3 is 14.1 Å². The summed E-state index contributed by atoms with van der Waals surface area (Å²) in [6.07, 6.45) is 5.28. The topological polar surface area (TPSA) is 59.8 Å². The van der Waals surface area contributed by atoms with Crippen molar-refractivity contribution in [3.63, 3.8) is 0 Å². The van der Waals surface area contributed by atoms with Crippen LogP contribution in [0.5, 0.6) is 0 Å². The van der Waals surface area contributed by atoms with E-state index in [1.54, 1.807) is 101 Å². The highest BCUT2D eigenvalue weighted by Gasteiger charge is 2.26. The van der Waals surface area contributed by atoms with Gasteiger partial charge >= 0.3 is 0 Å². The largest absolute Gasteiger partial charge is 0.361 e. The van der Waals surface area contributed by atoms with Crippen LogP contribution in [0.4, 0.5) is 13.2 Å². The zero-order chi connectivity index (χ0) is 28.5. The molecule has 0 fully saturated rings. The lowest BCUT2D eigenvalue weighted by Gasteiger charge is -2.26. The molecular formula is C33H22F3N3O2. The molecule has 5 nitrogen and oxygen atoms in total. The molecule has 0 radical (unpaired) electrons. The van der Waals surface area contributed by atoms with Gasteiger partial charge in [0.2, 0.25) is 0 Å². The SMILES string of the molecule is O=Cc1cc(-c2ccccc2F)n(C(c2c[nH]c(-c3ccccc3F)c2)n2cc(C=O)cc2-c2ccccc2F)c1. The number of carbonyl (C=O) groups is 2. The van der Waals surface area contributed by atoms with E-state index in [9.17, 15) is 14.0 Å². The minimum absolute atomic E-state index is 0.241. The zero-order valence-electron chi connectivity index (χ0n) is 21.5. The summed E-state index contributed by atoms with van der Waals surface area (Å²) >= 11 is 0. The molecule has 3 aromatic heterocycles. The molecule has 3 heterocycles. The summed E-state index contributed by atoms with van der Waals surface area (Å²) in [4.78, 5) is 27.0. The molecule has 0 saturated carbocycles. The summed E-state index contributed by atoms with van der Waals surface area (Å²) in [5.41, 5.74) is 3.21. The summed E-state index contributed by atoms with van der Waals surface area (Å²) in [5.74, 6) is -1.43. The Hall–Kier alpha value is -5.37. The van der Waals surface area contributed by atoms with Gasteiger partial charge in [-0.1, -0.05) is 36.4 Å². The predicted octanol–water partition coefficient (Wildman–Crippen LogP) is 7.76. The number of benzene rings is 3. The number of halogens is 3. The molecule has 0 saturated heterocycles. The fourth-order valence-electron chi connectivity index (χ4n) is 5.16. The number of carbonyl (C=O) groups excluding carboxylic acids is 2. The van der Waals surface area contributed by atoms with Gasteiger partial charge in [0.05, 0.1) is 11.4 Å². The Balaban J connectivity index is 1.64. The van der Waals surface area contributed by atoms with Crippen LogP contribution in [0.15, 0.2) is 110 Å². The molecule has 1 N–H and O–H groups in total. The van der Waals surface area contributed by atoms with Crippen LogP contribution in [-0.2, 0) is 0 Å². The quantitative estimate of drug-likeness (QED) is 0.197. The maximum absolute atomic E-state index is 15.1. The van der Waals surface area contributed by atoms with E-state index >= 15 is 8.78 Å². The number of aldehydes is 2. The van der Waals surface area contributed by atoms with Crippen LogP contribution in [-0.4, -0.2) is 26.7 Å². The van der Waals surface area contributed by atoms with E-state index in [1.807, 2.05) is 0 Å². The summed E-state index contributed by atoms with van der Waals surface area (Å²) < 4.78 is 48.3. The lowest BCUT2D eigenvalue weighted by molar-refractivity contribution is 0.111. The first-order chi connectivity index (χ1) is 20.0. The molecule has 202 valence electrons. The summed E-state index contributed by atoms with van der Waals surface area (Å²) in [6, 6.07) is 23.5. The zero-order valence-corrected chi connectivity index (χ0v) is 21.5. The highest BCUT2D eigenvalue weighted by Crippen LogP contribution is 2.37. The van der Waals surface area contributed by atoms with E-state index in [-0.39, 0.29) is 22.3 Å². The Bertz CT molecular complexity index is 1800. The standard InChI is InChI=1S/C33H22F3N3O2/c34-27-10-4-1-7-24(27)30-15-23(16-37-30)33(38-17-21(19-40)13-31(38)25-8-2-5-11-28(25)35)39-18-22(20-41)14-32(39)26-9-3-6-12-29(26)36/h1-20,33,37H. The van der Waals surface area contributed by atoms with Gasteiger partial charge in [-0.15, -0.1) is 0 Å². The number of hydrogen-bond donors (Lipinski definition) is 1. The molecule has 6 rings (SSSR count). The Morgan fingerprint density at radius 1 is 0.610 bits per heavy atom. The summed E-state index contributed by atoms with van der Waals surface area (Å²) in [7, 11) is 0. The third kappa shape index (κ3) is 4.69. The highest BCUT2D eigenvalue weighted by molar-refractivity contribution is 5.80. The number of nitrogens with one attached hydrogen (secondary N) is 1. The number of nitrogens with zero attached hydrogens (tertiary/aromatic N) is 2. The van der Waals surface area contributed by atoms with E-state index < -0.39 is 23.6 Å². The van der Waals surface area contributed by atoms with Gasteiger partial charge in [0, 0.05) is 57.7 Å². The van der Waals surface area contributed by atoms with Crippen molar-refractivity contribution in [3.8, 4) is 33.8 Å². The van der Waals surface area contributed by atoms with E-state index in [0.717, 1.165) is 0 Å². The van der Waals surface area contributed by atoms with Crippen LogP contribution < -0.4 is 0 Å². The molecule has 0 aliphatic carbocycles. The fourth-order valence-corrected chi connectivity index (χ4v) is 5.16. The molecule has 0 aliphatic heterocycles. The van der Waals surface area contributed by atoms with Crippen LogP contribution in [0.1, 0.15) is 32.4 Å². The summed E-state index contributed by atoms with van der Waals surface area (Å²) in [6.45, 7) is 0. The first-order valence-corrected chi connectivity index (χ1v) is 12.8. The van der Waals surface area contributed by atoms with Gasteiger partial charge in [0.1, 0.15) is 23.6 Å². The van der Waals surface area contributed by atoms with E-state index in [2.05, 4.69) is 4.98 Å². The van der Waals surface area contributed by atoms with Crippen molar-refractivity contribution in [1.29, 1.82) is 0 Å². The lowest BCUT2D eigenvalue weighted by Crippen LogP contribution is -2.20. The molecular weight excluding hydrogens is 527 g/mol. The Morgan fingerprint density at radius 3 is 1.49 bits per heavy atom. The third-order valence-electron chi connectivity index (χ3n) is 7.01. The molecule has 0 unspecified atom stereocenters. The Labute approximate surface area is 233 Å². The molecule has 0 bridgehead atoms. The fraction of sp³-hybridized carbons (Fsp3) is 0.0303. The maximum Gasteiger partial charge on any atom is 0.151 e. The number of hydrogen-bond acceptors (Lipinski definition) is 2. The smallest absolute Gasteiger partial charge is 0.151 e. The molecule has 3 aromatic carbocycles. The van der Waals surface area contributed by atoms with Gasteiger partial charge in [-0.05, 0) is 54.6 Å². The van der Waals surface area contributed by atoms with Crippen LogP contribution in [0.2, 0.25) is 0 Å². The minimum atomic E-state index is -0.849. The van der Waals surface area contributed by atoms with Crippen molar-refractivity contribution in [2.24, 2.45) is 0 Å². The van der Waals surface area contributed by atoms with Crippen molar-refractivity contribution in [1.82, 2.24) is 14.1 Å². The lowest BCUT2D eigenvalue weighted by atomic mass is 10.1. The predicted molar refractivity (Wildman–Crippen MR) is 150 cm³/mol. The molecule has 0 atom stereocenters. The van der Waals surface area contributed by atoms with Crippen molar-refractivity contribution in [2.45, 2.75) is 6.17 Å². The monoisotopic (exact) mass is 549 g/mol. The maximum atomic E-state index is 15.1. The molecule has 0 amide bonds. The summed E-state index contributed by atoms with van der Waals surface area (Å²) in [5, 5.41) is 0. The van der Waals surface area contributed by atoms with Crippen LogP contribution in [0.25, 0.3) is 33.8 Å². The average Bonchev–Trinajstić information content (AvgIpc) is 3.74. The van der Waals surface area contributed by atoms with E-state index in [0.29, 0.717) is 40.8 Å². The Morgan fingerprint density at radius 2 is 1.05 bits per heavy atom. The van der Waals surface area contributed by atoms with Crippen LogP contribution in [0, 0.1) is 17.5 Å². The van der Waals surface area contributed by atoms with Gasteiger partial charge in [0.25, 0.3) is 0 Å². The Kier molecular flexibility index (Phi) is 6.73. The highest BCUT2D eigenvalue weighted by atomic mass is 19.1. The van der Waals surface area contributed by atoms with Gasteiger partial charge in [-0.3, -0.25) is 9.59 Å². The van der Waals surface area contributed by atoms with E-state index in [4.69, 9.17) is 0 Å². The van der Waals surface area contributed by atoms with Crippen molar-refractivity contribution in [3.05, 3.63) is 144 Å². The van der Waals surface area contributed by atoms with Crippen molar-refractivity contribution >= 4 is 12.6 Å². The van der Waals surface area contributed by atoms with Crippen molar-refractivity contribution in [2.75, 3.05) is 0 Å². The van der Waals surface area contributed by atoms with Gasteiger partial charge in [0.15, 0.2) is 12.6 Å². The second-order valence-corrected chi connectivity index (χ2v) is 9.53. The number of aromatic nitrogens is 3. The van der Waals surface area contributed by atoms with Crippen LogP contribution in [0.3, 0.4) is 0 Å². The van der Waals surface area contributed by atoms with E-state index in [1.165, 1.54) is 18.2 Å². The number of H-pyrrole nitrogens is 1. The van der Waals surface area contributed by atoms with Gasteiger partial charge in [-0.2, -0.15) is 0 Å². The number of aromatic amines is 1. The second-order valence-electron chi connectivity index (χ2n) is 9.53. The molecule has 41 heavy (non-hydrogen) atoms. The average molecular weight is 550 g/mol. The first-order valence-electron chi connectivity index (χ1n) is 12.8. The molecule has 8 heteroatoms. The first kappa shape index (κ1) is 25.9. The molecule has 0 aliphatic rings. The van der Waals surface area contributed by atoms with Crippen molar-refractivity contribution < 1.29 is 22.8 Å². The van der Waals surface area contributed by atoms with Crippen LogP contribution >= 0.6 is 0 Å². The third-order valence-corrected chi connectivity index (χ3v) is 7.01. The number of rotatable bonds is 8. The molecule has 6 aromatic rings. The minimum Gasteiger partial charge on any atom is -0.361 e. The second kappa shape index (κ2) is 10.7.